The lowest BCUT2D eigenvalue weighted by atomic mass is 9.77. The molecule has 192 valence electrons. The van der Waals surface area contributed by atoms with Gasteiger partial charge in [-0.05, 0) is 49.5 Å². The van der Waals surface area contributed by atoms with Crippen molar-refractivity contribution < 1.29 is 9.53 Å². The number of hydrogen-bond donors (Lipinski definition) is 0. The van der Waals surface area contributed by atoms with Crippen molar-refractivity contribution in [1.29, 1.82) is 0 Å². The molecule has 4 heteroatoms. The number of ether oxygens (including phenoxy) is 1. The van der Waals surface area contributed by atoms with Gasteiger partial charge in [0.15, 0.2) is 11.6 Å². The highest BCUT2D eigenvalue weighted by Gasteiger charge is 2.22. The van der Waals surface area contributed by atoms with Crippen molar-refractivity contribution in [1.82, 2.24) is 9.97 Å². The fraction of sp³-hybridized carbons (Fsp3) is 0.645. The standard InChI is InChI=1S/C31H46N2O2/c1-3-5-7-9-11-13-25-15-17-26(18-16-25)27-19-21-28(22-20-27)31-32-23-29(24-33-31)35-30(34)14-12-10-8-6-4-2/h19-26H,3-18H2,1-2H3/t25-,26-. The van der Waals surface area contributed by atoms with Gasteiger partial charge in [0.25, 0.3) is 0 Å². The number of esters is 1. The third kappa shape index (κ3) is 9.74. The molecular weight excluding hydrogens is 432 g/mol. The molecule has 0 aliphatic heterocycles. The van der Waals surface area contributed by atoms with E-state index in [1.807, 2.05) is 0 Å². The highest BCUT2D eigenvalue weighted by Crippen LogP contribution is 2.38. The van der Waals surface area contributed by atoms with Gasteiger partial charge >= 0.3 is 5.97 Å². The number of carbonyl (C=O) groups is 1. The van der Waals surface area contributed by atoms with Gasteiger partial charge in [-0.3, -0.25) is 4.79 Å². The van der Waals surface area contributed by atoms with E-state index >= 15 is 0 Å². The van der Waals surface area contributed by atoms with Crippen molar-refractivity contribution in [2.75, 3.05) is 0 Å². The Hall–Kier alpha value is -2.23. The molecule has 35 heavy (non-hydrogen) atoms. The molecule has 3 rings (SSSR count). The van der Waals surface area contributed by atoms with Crippen molar-refractivity contribution in [3.8, 4) is 17.1 Å². The lowest BCUT2D eigenvalue weighted by Gasteiger charge is -2.29. The second-order valence-corrected chi connectivity index (χ2v) is 10.4. The van der Waals surface area contributed by atoms with Crippen LogP contribution < -0.4 is 4.74 Å². The van der Waals surface area contributed by atoms with Crippen LogP contribution in [0.25, 0.3) is 11.4 Å². The summed E-state index contributed by atoms with van der Waals surface area (Å²) < 4.78 is 5.40. The van der Waals surface area contributed by atoms with Crippen LogP contribution in [-0.2, 0) is 4.79 Å². The maximum Gasteiger partial charge on any atom is 0.311 e. The van der Waals surface area contributed by atoms with Gasteiger partial charge in [-0.2, -0.15) is 0 Å². The van der Waals surface area contributed by atoms with E-state index in [9.17, 15) is 4.79 Å². The molecule has 0 spiro atoms. The Kier molecular flexibility index (Phi) is 12.3. The minimum Gasteiger partial charge on any atom is -0.423 e. The zero-order valence-electron chi connectivity index (χ0n) is 22.1. The third-order valence-electron chi connectivity index (χ3n) is 7.55. The van der Waals surface area contributed by atoms with Gasteiger partial charge in [-0.1, -0.05) is 102 Å². The fourth-order valence-electron chi connectivity index (χ4n) is 5.30. The van der Waals surface area contributed by atoms with Gasteiger partial charge in [-0.25, -0.2) is 9.97 Å². The van der Waals surface area contributed by atoms with Crippen LogP contribution in [0.5, 0.6) is 5.75 Å². The van der Waals surface area contributed by atoms with Crippen LogP contribution in [-0.4, -0.2) is 15.9 Å². The first kappa shape index (κ1) is 27.4. The summed E-state index contributed by atoms with van der Waals surface area (Å²) in [5.41, 5.74) is 2.45. The Bertz CT molecular complexity index is 839. The smallest absolute Gasteiger partial charge is 0.311 e. The van der Waals surface area contributed by atoms with E-state index in [1.165, 1.54) is 89.0 Å². The molecule has 0 bridgehead atoms. The lowest BCUT2D eigenvalue weighted by molar-refractivity contribution is -0.134. The van der Waals surface area contributed by atoms with Crippen LogP contribution in [0, 0.1) is 5.92 Å². The lowest BCUT2D eigenvalue weighted by Crippen LogP contribution is -2.13. The second kappa shape index (κ2) is 15.7. The minimum absolute atomic E-state index is 0.201. The van der Waals surface area contributed by atoms with Crippen molar-refractivity contribution >= 4 is 5.97 Å². The molecule has 0 atom stereocenters. The molecule has 1 aliphatic rings. The zero-order valence-corrected chi connectivity index (χ0v) is 22.1. The molecule has 0 unspecified atom stereocenters. The highest BCUT2D eigenvalue weighted by molar-refractivity contribution is 5.72. The molecule has 2 aromatic rings. The molecule has 1 aromatic heterocycles. The van der Waals surface area contributed by atoms with Crippen molar-refractivity contribution in [3.63, 3.8) is 0 Å². The second-order valence-electron chi connectivity index (χ2n) is 10.4. The third-order valence-corrected chi connectivity index (χ3v) is 7.55. The predicted octanol–water partition coefficient (Wildman–Crippen LogP) is 9.04. The molecule has 0 amide bonds. The SMILES string of the molecule is CCCCCCCC(=O)Oc1cnc(-c2ccc([C@H]3CC[C@H](CCCCCCC)CC3)cc2)nc1. The number of hydrogen-bond acceptors (Lipinski definition) is 4. The summed E-state index contributed by atoms with van der Waals surface area (Å²) in [6.45, 7) is 4.47. The van der Waals surface area contributed by atoms with E-state index in [4.69, 9.17) is 4.74 Å². The van der Waals surface area contributed by atoms with Gasteiger partial charge in [0, 0.05) is 12.0 Å². The van der Waals surface area contributed by atoms with E-state index < -0.39 is 0 Å². The number of benzene rings is 1. The Balaban J connectivity index is 1.40. The van der Waals surface area contributed by atoms with Gasteiger partial charge in [0.05, 0.1) is 12.4 Å². The summed E-state index contributed by atoms with van der Waals surface area (Å²) in [6, 6.07) is 8.76. The maximum atomic E-state index is 12.0. The topological polar surface area (TPSA) is 52.1 Å². The molecule has 1 saturated carbocycles. The van der Waals surface area contributed by atoms with Gasteiger partial charge in [0.2, 0.25) is 0 Å². The summed E-state index contributed by atoms with van der Waals surface area (Å²) in [7, 11) is 0. The van der Waals surface area contributed by atoms with Crippen LogP contribution >= 0.6 is 0 Å². The summed E-state index contributed by atoms with van der Waals surface area (Å²) in [4.78, 5) is 20.9. The largest absolute Gasteiger partial charge is 0.423 e. The highest BCUT2D eigenvalue weighted by atomic mass is 16.5. The first-order chi connectivity index (χ1) is 17.2. The Morgan fingerprint density at radius 2 is 1.40 bits per heavy atom. The van der Waals surface area contributed by atoms with Crippen LogP contribution in [0.4, 0.5) is 0 Å². The van der Waals surface area contributed by atoms with Gasteiger partial charge in [0.1, 0.15) is 0 Å². The normalized spacial score (nSPS) is 17.9. The summed E-state index contributed by atoms with van der Waals surface area (Å²) >= 11 is 0. The molecule has 0 radical (unpaired) electrons. The molecule has 1 aromatic carbocycles. The van der Waals surface area contributed by atoms with Crippen LogP contribution in [0.15, 0.2) is 36.7 Å². The van der Waals surface area contributed by atoms with E-state index in [0.29, 0.717) is 23.9 Å². The molecule has 0 saturated heterocycles. The fourth-order valence-corrected chi connectivity index (χ4v) is 5.30. The molecule has 1 heterocycles. The van der Waals surface area contributed by atoms with E-state index in [2.05, 4.69) is 48.1 Å². The molecule has 0 N–H and O–H groups in total. The monoisotopic (exact) mass is 478 g/mol. The number of nitrogens with zero attached hydrogens (tertiary/aromatic N) is 2. The summed E-state index contributed by atoms with van der Waals surface area (Å²) in [5, 5.41) is 0. The average molecular weight is 479 g/mol. The van der Waals surface area contributed by atoms with E-state index in [0.717, 1.165) is 24.3 Å². The van der Waals surface area contributed by atoms with E-state index in [-0.39, 0.29) is 5.97 Å². The van der Waals surface area contributed by atoms with Gasteiger partial charge in [-0.15, -0.1) is 0 Å². The van der Waals surface area contributed by atoms with Crippen molar-refractivity contribution in [3.05, 3.63) is 42.2 Å². The Labute approximate surface area is 213 Å². The average Bonchev–Trinajstić information content (AvgIpc) is 2.89. The first-order valence-electron chi connectivity index (χ1n) is 14.3. The zero-order chi connectivity index (χ0) is 24.7. The number of carbonyl (C=O) groups excluding carboxylic acids is 1. The Morgan fingerprint density at radius 1 is 0.800 bits per heavy atom. The van der Waals surface area contributed by atoms with Crippen LogP contribution in [0.1, 0.15) is 128 Å². The molecule has 1 aliphatic carbocycles. The maximum absolute atomic E-state index is 12.0. The number of rotatable bonds is 15. The molecular formula is C31H46N2O2. The van der Waals surface area contributed by atoms with Gasteiger partial charge < -0.3 is 4.74 Å². The van der Waals surface area contributed by atoms with Crippen LogP contribution in [0.3, 0.4) is 0 Å². The Morgan fingerprint density at radius 3 is 2.03 bits per heavy atom. The predicted molar refractivity (Wildman–Crippen MR) is 145 cm³/mol. The first-order valence-corrected chi connectivity index (χ1v) is 14.3. The number of aromatic nitrogens is 2. The van der Waals surface area contributed by atoms with Crippen molar-refractivity contribution in [2.45, 2.75) is 122 Å². The van der Waals surface area contributed by atoms with Crippen LogP contribution in [0.2, 0.25) is 0 Å². The number of unbranched alkanes of at least 4 members (excludes halogenated alkanes) is 8. The molecule has 4 nitrogen and oxygen atoms in total. The summed E-state index contributed by atoms with van der Waals surface area (Å²) in [5.74, 6) is 2.52. The minimum atomic E-state index is -0.201. The van der Waals surface area contributed by atoms with E-state index in [1.54, 1.807) is 12.4 Å². The molecule has 1 fully saturated rings. The summed E-state index contributed by atoms with van der Waals surface area (Å²) in [6.07, 6.45) is 23.0. The quantitative estimate of drug-likeness (QED) is 0.189. The van der Waals surface area contributed by atoms with Crippen molar-refractivity contribution in [2.24, 2.45) is 5.92 Å².